The molecule has 0 saturated carbocycles. The highest BCUT2D eigenvalue weighted by molar-refractivity contribution is 5.92. The van der Waals surface area contributed by atoms with Crippen LogP contribution in [0.5, 0.6) is 5.75 Å². The van der Waals surface area contributed by atoms with Gasteiger partial charge in [-0.15, -0.1) is 0 Å². The van der Waals surface area contributed by atoms with Crippen LogP contribution in [0.1, 0.15) is 30.9 Å². The van der Waals surface area contributed by atoms with Crippen LogP contribution >= 0.6 is 0 Å². The summed E-state index contributed by atoms with van der Waals surface area (Å²) in [5.41, 5.74) is 2.38. The van der Waals surface area contributed by atoms with Crippen LogP contribution in [0.15, 0.2) is 48.5 Å². The van der Waals surface area contributed by atoms with Crippen molar-refractivity contribution in [2.75, 3.05) is 18.5 Å². The summed E-state index contributed by atoms with van der Waals surface area (Å²) in [6, 6.07) is 15.9. The molecule has 1 amide bonds. The van der Waals surface area contributed by atoms with Gasteiger partial charge in [0.25, 0.3) is 5.91 Å². The Kier molecular flexibility index (Phi) is 7.86. The van der Waals surface area contributed by atoms with Gasteiger partial charge in [0, 0.05) is 5.69 Å². The predicted molar refractivity (Wildman–Crippen MR) is 101 cm³/mol. The molecule has 140 valence electrons. The van der Waals surface area contributed by atoms with E-state index in [0.717, 1.165) is 19.3 Å². The standard InChI is InChI=1S/C21H22N2O4/c1-2-3-4-16-5-9-18(10-6-16)23-20(24)14-27-21(25)15-26-19-11-7-17(13-22)8-12-19/h5-12H,2-4,14-15H2,1H3,(H,23,24). The molecule has 6 nitrogen and oxygen atoms in total. The lowest BCUT2D eigenvalue weighted by molar-refractivity contribution is -0.149. The molecule has 2 aromatic rings. The lowest BCUT2D eigenvalue weighted by Gasteiger charge is -2.08. The van der Waals surface area contributed by atoms with Crippen molar-refractivity contribution < 1.29 is 19.1 Å². The molecule has 0 heterocycles. The molecule has 0 aliphatic carbocycles. The van der Waals surface area contributed by atoms with Gasteiger partial charge in [0.05, 0.1) is 11.6 Å². The van der Waals surface area contributed by atoms with Crippen LogP contribution in [0.4, 0.5) is 5.69 Å². The number of carbonyl (C=O) groups is 2. The van der Waals surface area contributed by atoms with Crippen LogP contribution in [0, 0.1) is 11.3 Å². The van der Waals surface area contributed by atoms with Crippen molar-refractivity contribution in [3.63, 3.8) is 0 Å². The van der Waals surface area contributed by atoms with E-state index in [1.807, 2.05) is 30.3 Å². The average molecular weight is 366 g/mol. The summed E-state index contributed by atoms with van der Waals surface area (Å²) in [6.07, 6.45) is 3.28. The predicted octanol–water partition coefficient (Wildman–Crippen LogP) is 3.46. The van der Waals surface area contributed by atoms with E-state index in [2.05, 4.69) is 12.2 Å². The van der Waals surface area contributed by atoms with Gasteiger partial charge in [-0.1, -0.05) is 25.5 Å². The number of benzene rings is 2. The summed E-state index contributed by atoms with van der Waals surface area (Å²) in [7, 11) is 0. The first-order valence-corrected chi connectivity index (χ1v) is 8.78. The molecule has 0 bridgehead atoms. The molecule has 6 heteroatoms. The molecule has 2 rings (SSSR count). The van der Waals surface area contributed by atoms with E-state index in [4.69, 9.17) is 14.7 Å². The number of hydrogen-bond acceptors (Lipinski definition) is 5. The first kappa shape index (κ1) is 20.0. The second kappa shape index (κ2) is 10.6. The van der Waals surface area contributed by atoms with Gasteiger partial charge in [-0.2, -0.15) is 5.26 Å². The quantitative estimate of drug-likeness (QED) is 0.687. The minimum Gasteiger partial charge on any atom is -0.482 e. The third-order valence-corrected chi connectivity index (χ3v) is 3.76. The fourth-order valence-corrected chi connectivity index (χ4v) is 2.29. The number of nitriles is 1. The summed E-state index contributed by atoms with van der Waals surface area (Å²) < 4.78 is 10.1. The van der Waals surface area contributed by atoms with Gasteiger partial charge in [0.15, 0.2) is 13.2 Å². The monoisotopic (exact) mass is 366 g/mol. The molecular weight excluding hydrogens is 344 g/mol. The molecule has 0 spiro atoms. The van der Waals surface area contributed by atoms with Crippen LogP contribution in [-0.4, -0.2) is 25.1 Å². The minimum atomic E-state index is -0.649. The highest BCUT2D eigenvalue weighted by Gasteiger charge is 2.09. The van der Waals surface area contributed by atoms with E-state index in [-0.39, 0.29) is 13.2 Å². The van der Waals surface area contributed by atoms with Crippen LogP contribution in [0.25, 0.3) is 0 Å². The molecule has 0 fully saturated rings. The van der Waals surface area contributed by atoms with E-state index < -0.39 is 11.9 Å². The van der Waals surface area contributed by atoms with E-state index in [9.17, 15) is 9.59 Å². The maximum Gasteiger partial charge on any atom is 0.344 e. The average Bonchev–Trinajstić information content (AvgIpc) is 2.70. The van der Waals surface area contributed by atoms with E-state index in [1.54, 1.807) is 24.3 Å². The van der Waals surface area contributed by atoms with Crippen molar-refractivity contribution in [2.45, 2.75) is 26.2 Å². The van der Waals surface area contributed by atoms with Crippen molar-refractivity contribution in [1.82, 2.24) is 0 Å². The summed E-state index contributed by atoms with van der Waals surface area (Å²) in [5, 5.41) is 11.4. The number of nitrogens with one attached hydrogen (secondary N) is 1. The van der Waals surface area contributed by atoms with E-state index in [1.165, 1.54) is 5.56 Å². The van der Waals surface area contributed by atoms with Gasteiger partial charge < -0.3 is 14.8 Å². The zero-order valence-electron chi connectivity index (χ0n) is 15.2. The number of anilines is 1. The minimum absolute atomic E-state index is 0.314. The zero-order valence-corrected chi connectivity index (χ0v) is 15.2. The first-order chi connectivity index (χ1) is 13.1. The second-order valence-electron chi connectivity index (χ2n) is 5.93. The molecule has 0 saturated heterocycles. The highest BCUT2D eigenvalue weighted by atomic mass is 16.6. The van der Waals surface area contributed by atoms with Crippen LogP contribution < -0.4 is 10.1 Å². The Labute approximate surface area is 158 Å². The normalized spacial score (nSPS) is 9.93. The number of aryl methyl sites for hydroxylation is 1. The number of unbranched alkanes of at least 4 members (excludes halogenated alkanes) is 1. The van der Waals surface area contributed by atoms with Crippen LogP contribution in [0.3, 0.4) is 0 Å². The number of ether oxygens (including phenoxy) is 2. The third kappa shape index (κ3) is 7.20. The van der Waals surface area contributed by atoms with Crippen LogP contribution in [0.2, 0.25) is 0 Å². The highest BCUT2D eigenvalue weighted by Crippen LogP contribution is 2.12. The molecular formula is C21H22N2O4. The van der Waals surface area contributed by atoms with Gasteiger partial charge >= 0.3 is 5.97 Å². The Morgan fingerprint density at radius 2 is 1.74 bits per heavy atom. The number of nitrogens with zero attached hydrogens (tertiary/aromatic N) is 1. The van der Waals surface area contributed by atoms with Crippen LogP contribution in [-0.2, 0) is 20.7 Å². The summed E-state index contributed by atoms with van der Waals surface area (Å²) in [4.78, 5) is 23.5. The third-order valence-electron chi connectivity index (χ3n) is 3.76. The summed E-state index contributed by atoms with van der Waals surface area (Å²) in [5.74, 6) is -0.619. The smallest absolute Gasteiger partial charge is 0.344 e. The maximum absolute atomic E-state index is 11.9. The van der Waals surface area contributed by atoms with Gasteiger partial charge in [-0.05, 0) is 54.8 Å². The Morgan fingerprint density at radius 3 is 2.37 bits per heavy atom. The molecule has 0 atom stereocenters. The molecule has 0 aliphatic rings. The Hall–Kier alpha value is -3.33. The number of esters is 1. The number of amides is 1. The lowest BCUT2D eigenvalue weighted by Crippen LogP contribution is -2.23. The molecule has 0 radical (unpaired) electrons. The molecule has 0 aromatic heterocycles. The maximum atomic E-state index is 11.9. The Balaban J connectivity index is 1.69. The van der Waals surface area contributed by atoms with Crippen molar-refractivity contribution in [3.8, 4) is 11.8 Å². The topological polar surface area (TPSA) is 88.4 Å². The molecule has 0 aliphatic heterocycles. The van der Waals surface area contributed by atoms with Gasteiger partial charge in [-0.25, -0.2) is 4.79 Å². The number of hydrogen-bond donors (Lipinski definition) is 1. The van der Waals surface area contributed by atoms with Crippen molar-refractivity contribution in [1.29, 1.82) is 5.26 Å². The first-order valence-electron chi connectivity index (χ1n) is 8.78. The SMILES string of the molecule is CCCCc1ccc(NC(=O)COC(=O)COc2ccc(C#N)cc2)cc1. The fourth-order valence-electron chi connectivity index (χ4n) is 2.29. The van der Waals surface area contributed by atoms with Crippen molar-refractivity contribution in [3.05, 3.63) is 59.7 Å². The molecule has 27 heavy (non-hydrogen) atoms. The summed E-state index contributed by atoms with van der Waals surface area (Å²) in [6.45, 7) is 1.45. The van der Waals surface area contributed by atoms with Crippen molar-refractivity contribution in [2.24, 2.45) is 0 Å². The fraction of sp³-hybridized carbons (Fsp3) is 0.286. The zero-order chi connectivity index (χ0) is 19.5. The van der Waals surface area contributed by atoms with E-state index in [0.29, 0.717) is 17.0 Å². The van der Waals surface area contributed by atoms with Gasteiger partial charge in [0.2, 0.25) is 0 Å². The number of carbonyl (C=O) groups excluding carboxylic acids is 2. The molecule has 0 unspecified atom stereocenters. The second-order valence-corrected chi connectivity index (χ2v) is 5.93. The van der Waals surface area contributed by atoms with Gasteiger partial charge in [-0.3, -0.25) is 4.79 Å². The van der Waals surface area contributed by atoms with Gasteiger partial charge in [0.1, 0.15) is 5.75 Å². The summed E-state index contributed by atoms with van der Waals surface area (Å²) >= 11 is 0. The largest absolute Gasteiger partial charge is 0.482 e. The molecule has 1 N–H and O–H groups in total. The Morgan fingerprint density at radius 1 is 1.04 bits per heavy atom. The van der Waals surface area contributed by atoms with E-state index >= 15 is 0 Å². The Bertz CT molecular complexity index is 792. The van der Waals surface area contributed by atoms with Crippen molar-refractivity contribution >= 4 is 17.6 Å². The molecule has 2 aromatic carbocycles. The number of rotatable bonds is 9. The lowest BCUT2D eigenvalue weighted by atomic mass is 10.1.